The fourth-order valence-electron chi connectivity index (χ4n) is 1.79. The first-order chi connectivity index (χ1) is 8.06. The molecule has 0 bridgehead atoms. The molecule has 1 unspecified atom stereocenters. The average molecular weight is 232 g/mol. The topological polar surface area (TPSA) is 77.0 Å². The van der Waals surface area contributed by atoms with Gasteiger partial charge in [0.25, 0.3) is 0 Å². The van der Waals surface area contributed by atoms with Crippen molar-refractivity contribution in [1.29, 1.82) is 0 Å². The maximum Gasteiger partial charge on any atom is 0.145 e. The van der Waals surface area contributed by atoms with Crippen molar-refractivity contribution in [3.05, 3.63) is 35.5 Å². The summed E-state index contributed by atoms with van der Waals surface area (Å²) in [4.78, 5) is 8.13. The maximum atomic E-state index is 5.50. The summed E-state index contributed by atoms with van der Waals surface area (Å²) in [6.07, 6.45) is 3.15. The Morgan fingerprint density at radius 2 is 2.06 bits per heavy atom. The lowest BCUT2D eigenvalue weighted by Crippen LogP contribution is -2.08. The molecule has 3 N–H and O–H groups in total. The van der Waals surface area contributed by atoms with Gasteiger partial charge in [-0.25, -0.2) is 9.97 Å². The minimum Gasteiger partial charge on any atom is -0.466 e. The Kier molecular flexibility index (Phi) is 2.99. The van der Waals surface area contributed by atoms with Crippen LogP contribution in [-0.4, -0.2) is 9.97 Å². The lowest BCUT2D eigenvalue weighted by molar-refractivity contribution is 0.499. The number of rotatable bonds is 3. The summed E-state index contributed by atoms with van der Waals surface area (Å²) in [6, 6.07) is 2.14. The minimum atomic E-state index is 0.116. The van der Waals surface area contributed by atoms with E-state index in [1.807, 2.05) is 19.9 Å². The molecule has 0 aliphatic carbocycles. The number of aryl methyl sites for hydroxylation is 2. The first-order valence-electron chi connectivity index (χ1n) is 5.47. The number of nitrogen functional groups attached to an aromatic ring is 1. The van der Waals surface area contributed by atoms with Crippen molar-refractivity contribution in [2.75, 3.05) is 11.1 Å². The van der Waals surface area contributed by atoms with Crippen LogP contribution in [0, 0.1) is 13.8 Å². The van der Waals surface area contributed by atoms with E-state index in [1.54, 1.807) is 6.20 Å². The predicted octanol–water partition coefficient (Wildman–Crippen LogP) is 2.44. The molecular formula is C12H16N4O. The van der Waals surface area contributed by atoms with E-state index < -0.39 is 0 Å². The highest BCUT2D eigenvalue weighted by Crippen LogP contribution is 2.23. The quantitative estimate of drug-likeness (QED) is 0.849. The average Bonchev–Trinajstić information content (AvgIpc) is 2.61. The van der Waals surface area contributed by atoms with E-state index in [-0.39, 0.29) is 6.04 Å². The maximum absolute atomic E-state index is 5.50. The third-order valence-electron chi connectivity index (χ3n) is 2.58. The van der Waals surface area contributed by atoms with Crippen LogP contribution in [-0.2, 0) is 0 Å². The van der Waals surface area contributed by atoms with Crippen LogP contribution in [0.15, 0.2) is 22.9 Å². The smallest absolute Gasteiger partial charge is 0.145 e. The van der Waals surface area contributed by atoms with E-state index in [2.05, 4.69) is 22.2 Å². The van der Waals surface area contributed by atoms with Gasteiger partial charge in [-0.1, -0.05) is 0 Å². The van der Waals surface area contributed by atoms with Crippen molar-refractivity contribution >= 4 is 11.6 Å². The van der Waals surface area contributed by atoms with Gasteiger partial charge in [0.2, 0.25) is 0 Å². The highest BCUT2D eigenvalue weighted by Gasteiger charge is 2.12. The van der Waals surface area contributed by atoms with Crippen LogP contribution in [0.4, 0.5) is 11.6 Å². The third kappa shape index (κ3) is 2.55. The molecule has 2 aromatic rings. The summed E-state index contributed by atoms with van der Waals surface area (Å²) in [5.74, 6) is 2.95. The third-order valence-corrected chi connectivity index (χ3v) is 2.58. The molecule has 2 heterocycles. The van der Waals surface area contributed by atoms with Crippen LogP contribution < -0.4 is 11.1 Å². The first-order valence-corrected chi connectivity index (χ1v) is 5.47. The van der Waals surface area contributed by atoms with E-state index in [0.29, 0.717) is 11.6 Å². The fourth-order valence-corrected chi connectivity index (χ4v) is 1.79. The number of aromatic nitrogens is 2. The van der Waals surface area contributed by atoms with Gasteiger partial charge < -0.3 is 15.5 Å². The lowest BCUT2D eigenvalue weighted by Gasteiger charge is -2.13. The highest BCUT2D eigenvalue weighted by atomic mass is 16.3. The van der Waals surface area contributed by atoms with Crippen molar-refractivity contribution < 1.29 is 4.42 Å². The first kappa shape index (κ1) is 11.4. The van der Waals surface area contributed by atoms with Crippen molar-refractivity contribution in [2.24, 2.45) is 0 Å². The molecule has 0 saturated carbocycles. The summed E-state index contributed by atoms with van der Waals surface area (Å²) >= 11 is 0. The summed E-state index contributed by atoms with van der Waals surface area (Å²) < 4.78 is 5.50. The van der Waals surface area contributed by atoms with Crippen molar-refractivity contribution in [3.8, 4) is 0 Å². The Hall–Kier alpha value is -2.04. The SMILES string of the molecule is Cc1cc(C(C)Nc2cnc(N)cn2)c(C)o1. The Bertz CT molecular complexity index is 504. The molecule has 5 nitrogen and oxygen atoms in total. The van der Waals surface area contributed by atoms with Gasteiger partial charge in [-0.3, -0.25) is 0 Å². The van der Waals surface area contributed by atoms with Crippen molar-refractivity contribution in [2.45, 2.75) is 26.8 Å². The molecule has 2 aromatic heterocycles. The van der Waals surface area contributed by atoms with E-state index in [0.717, 1.165) is 17.1 Å². The molecule has 17 heavy (non-hydrogen) atoms. The van der Waals surface area contributed by atoms with Gasteiger partial charge in [0.05, 0.1) is 18.4 Å². The predicted molar refractivity (Wildman–Crippen MR) is 66.7 cm³/mol. The van der Waals surface area contributed by atoms with Crippen molar-refractivity contribution in [3.63, 3.8) is 0 Å². The molecule has 90 valence electrons. The zero-order chi connectivity index (χ0) is 12.4. The van der Waals surface area contributed by atoms with Gasteiger partial charge in [-0.15, -0.1) is 0 Å². The number of nitrogens with zero attached hydrogens (tertiary/aromatic N) is 2. The van der Waals surface area contributed by atoms with Gasteiger partial charge >= 0.3 is 0 Å². The molecule has 0 amide bonds. The minimum absolute atomic E-state index is 0.116. The van der Waals surface area contributed by atoms with Gasteiger partial charge in [0.1, 0.15) is 23.2 Å². The largest absolute Gasteiger partial charge is 0.466 e. The van der Waals surface area contributed by atoms with Crippen LogP contribution in [0.3, 0.4) is 0 Å². The number of hydrogen-bond acceptors (Lipinski definition) is 5. The molecular weight excluding hydrogens is 216 g/mol. The van der Waals surface area contributed by atoms with E-state index in [4.69, 9.17) is 10.2 Å². The molecule has 0 radical (unpaired) electrons. The summed E-state index contributed by atoms with van der Waals surface area (Å²) in [7, 11) is 0. The summed E-state index contributed by atoms with van der Waals surface area (Å²) in [5.41, 5.74) is 6.61. The van der Waals surface area contributed by atoms with Gasteiger partial charge in [-0.2, -0.15) is 0 Å². The Morgan fingerprint density at radius 3 is 2.59 bits per heavy atom. The molecule has 0 aliphatic rings. The summed E-state index contributed by atoms with van der Waals surface area (Å²) in [5, 5.41) is 3.25. The van der Waals surface area contributed by atoms with Crippen LogP contribution in [0.2, 0.25) is 0 Å². The zero-order valence-electron chi connectivity index (χ0n) is 10.2. The number of anilines is 2. The fraction of sp³-hybridized carbons (Fsp3) is 0.333. The number of nitrogens with one attached hydrogen (secondary N) is 1. The second-order valence-corrected chi connectivity index (χ2v) is 4.06. The molecule has 0 spiro atoms. The van der Waals surface area contributed by atoms with Crippen LogP contribution >= 0.6 is 0 Å². The van der Waals surface area contributed by atoms with Crippen LogP contribution in [0.25, 0.3) is 0 Å². The standard InChI is InChI=1S/C12H16N4O/c1-7-4-10(9(3)17-7)8(2)16-12-6-14-11(13)5-15-12/h4-6,8H,1-3H3,(H2,13,14)(H,15,16). The van der Waals surface area contributed by atoms with Crippen LogP contribution in [0.1, 0.15) is 30.0 Å². The number of hydrogen-bond donors (Lipinski definition) is 2. The van der Waals surface area contributed by atoms with Gasteiger partial charge in [0, 0.05) is 5.56 Å². The van der Waals surface area contributed by atoms with E-state index in [9.17, 15) is 0 Å². The highest BCUT2D eigenvalue weighted by molar-refractivity contribution is 5.39. The van der Waals surface area contributed by atoms with Gasteiger partial charge in [-0.05, 0) is 26.8 Å². The molecule has 1 atom stereocenters. The Morgan fingerprint density at radius 1 is 1.29 bits per heavy atom. The molecule has 0 aliphatic heterocycles. The van der Waals surface area contributed by atoms with Gasteiger partial charge in [0.15, 0.2) is 0 Å². The molecule has 2 rings (SSSR count). The molecule has 0 aromatic carbocycles. The van der Waals surface area contributed by atoms with E-state index in [1.165, 1.54) is 6.20 Å². The van der Waals surface area contributed by atoms with Crippen LogP contribution in [0.5, 0.6) is 0 Å². The molecule has 0 fully saturated rings. The Balaban J connectivity index is 2.14. The number of nitrogens with two attached hydrogens (primary N) is 1. The van der Waals surface area contributed by atoms with Crippen molar-refractivity contribution in [1.82, 2.24) is 9.97 Å². The Labute approximate surface area is 100 Å². The van der Waals surface area contributed by atoms with E-state index >= 15 is 0 Å². The normalized spacial score (nSPS) is 12.4. The second-order valence-electron chi connectivity index (χ2n) is 4.06. The monoisotopic (exact) mass is 232 g/mol. The zero-order valence-corrected chi connectivity index (χ0v) is 10.2. The lowest BCUT2D eigenvalue weighted by atomic mass is 10.1. The molecule has 0 saturated heterocycles. The summed E-state index contributed by atoms with van der Waals surface area (Å²) in [6.45, 7) is 5.94. The number of furan rings is 1. The molecule has 5 heteroatoms. The second kappa shape index (κ2) is 4.45.